The molecule has 2 aliphatic rings. The molecule has 0 spiro atoms. The van der Waals surface area contributed by atoms with E-state index in [0.29, 0.717) is 24.5 Å². The Morgan fingerprint density at radius 1 is 1.44 bits per heavy atom. The fourth-order valence-electron chi connectivity index (χ4n) is 2.44. The lowest BCUT2D eigenvalue weighted by Crippen LogP contribution is -2.17. The maximum Gasteiger partial charge on any atom is 0.307 e. The highest BCUT2D eigenvalue weighted by atomic mass is 79.9. The number of rotatable bonds is 2. The molecule has 1 saturated heterocycles. The van der Waals surface area contributed by atoms with E-state index in [-0.39, 0.29) is 18.8 Å². The van der Waals surface area contributed by atoms with Gasteiger partial charge in [0.15, 0.2) is 11.5 Å². The first-order chi connectivity index (χ1) is 8.66. The van der Waals surface area contributed by atoms with Gasteiger partial charge in [0.05, 0.1) is 5.92 Å². The molecule has 1 aromatic carbocycles. The van der Waals surface area contributed by atoms with E-state index >= 15 is 0 Å². The van der Waals surface area contributed by atoms with E-state index in [1.54, 1.807) is 0 Å². The third kappa shape index (κ3) is 1.85. The lowest BCUT2D eigenvalue weighted by molar-refractivity contribution is -0.141. The van der Waals surface area contributed by atoms with Crippen molar-refractivity contribution >= 4 is 21.9 Å². The first kappa shape index (κ1) is 11.8. The molecule has 2 aliphatic heterocycles. The molecule has 2 unspecified atom stereocenters. The molecule has 0 aromatic heterocycles. The number of hydrogen-bond acceptors (Lipinski definition) is 4. The van der Waals surface area contributed by atoms with Crippen molar-refractivity contribution in [2.24, 2.45) is 5.92 Å². The van der Waals surface area contributed by atoms with Crippen LogP contribution in [0.25, 0.3) is 0 Å². The van der Waals surface area contributed by atoms with Gasteiger partial charge in [-0.15, -0.1) is 0 Å². The summed E-state index contributed by atoms with van der Waals surface area (Å²) in [5, 5.41) is 12.3. The smallest absolute Gasteiger partial charge is 0.307 e. The van der Waals surface area contributed by atoms with Crippen molar-refractivity contribution < 1.29 is 19.4 Å². The van der Waals surface area contributed by atoms with E-state index in [1.165, 1.54) is 0 Å². The van der Waals surface area contributed by atoms with Crippen LogP contribution in [0.1, 0.15) is 18.0 Å². The van der Waals surface area contributed by atoms with Crippen LogP contribution in [0.4, 0.5) is 0 Å². The van der Waals surface area contributed by atoms with Gasteiger partial charge in [-0.1, -0.05) is 15.9 Å². The highest BCUT2D eigenvalue weighted by molar-refractivity contribution is 9.10. The molecular weight excluding hydrogens is 302 g/mol. The Morgan fingerprint density at radius 2 is 2.28 bits per heavy atom. The Hall–Kier alpha value is -1.27. The lowest BCUT2D eigenvalue weighted by atomic mass is 9.99. The summed E-state index contributed by atoms with van der Waals surface area (Å²) in [5.41, 5.74) is 0.953. The van der Waals surface area contributed by atoms with Crippen molar-refractivity contribution in [3.63, 3.8) is 0 Å². The molecule has 0 amide bonds. The van der Waals surface area contributed by atoms with E-state index in [2.05, 4.69) is 21.2 Å². The molecule has 0 saturated carbocycles. The number of ether oxygens (including phenoxy) is 2. The second-order valence-electron chi connectivity index (χ2n) is 4.43. The van der Waals surface area contributed by atoms with Crippen molar-refractivity contribution in [1.82, 2.24) is 5.32 Å². The van der Waals surface area contributed by atoms with Crippen LogP contribution >= 0.6 is 15.9 Å². The zero-order chi connectivity index (χ0) is 12.7. The monoisotopic (exact) mass is 313 g/mol. The molecule has 0 bridgehead atoms. The summed E-state index contributed by atoms with van der Waals surface area (Å²) >= 11 is 3.49. The van der Waals surface area contributed by atoms with Gasteiger partial charge in [-0.25, -0.2) is 0 Å². The molecule has 96 valence electrons. The first-order valence-corrected chi connectivity index (χ1v) is 6.50. The molecule has 2 atom stereocenters. The van der Waals surface area contributed by atoms with Gasteiger partial charge in [0.1, 0.15) is 0 Å². The average Bonchev–Trinajstić information content (AvgIpc) is 2.95. The van der Waals surface area contributed by atoms with E-state index in [0.717, 1.165) is 10.0 Å². The Kier molecular flexibility index (Phi) is 2.91. The first-order valence-electron chi connectivity index (χ1n) is 5.71. The van der Waals surface area contributed by atoms with Crippen molar-refractivity contribution in [2.75, 3.05) is 13.3 Å². The molecule has 3 rings (SSSR count). The van der Waals surface area contributed by atoms with Gasteiger partial charge in [0, 0.05) is 22.6 Å². The van der Waals surface area contributed by atoms with Crippen LogP contribution in [0.5, 0.6) is 11.5 Å². The molecular formula is C12H12BrNO4. The van der Waals surface area contributed by atoms with Gasteiger partial charge in [0.2, 0.25) is 6.79 Å². The average molecular weight is 314 g/mol. The van der Waals surface area contributed by atoms with Gasteiger partial charge in [-0.2, -0.15) is 0 Å². The summed E-state index contributed by atoms with van der Waals surface area (Å²) in [6.45, 7) is 0.699. The van der Waals surface area contributed by atoms with Gasteiger partial charge in [-0.05, 0) is 18.6 Å². The van der Waals surface area contributed by atoms with Gasteiger partial charge < -0.3 is 19.9 Å². The van der Waals surface area contributed by atoms with E-state index in [1.807, 2.05) is 12.1 Å². The number of carboxylic acids is 1. The highest BCUT2D eigenvalue weighted by Gasteiger charge is 2.34. The predicted octanol–water partition coefficient (Wildman–Crippen LogP) is 1.91. The van der Waals surface area contributed by atoms with E-state index in [9.17, 15) is 4.79 Å². The van der Waals surface area contributed by atoms with E-state index < -0.39 is 5.97 Å². The van der Waals surface area contributed by atoms with Crippen LogP contribution in [0, 0.1) is 5.92 Å². The molecule has 6 heteroatoms. The van der Waals surface area contributed by atoms with Crippen molar-refractivity contribution in [1.29, 1.82) is 0 Å². The molecule has 18 heavy (non-hydrogen) atoms. The highest BCUT2D eigenvalue weighted by Crippen LogP contribution is 2.45. The second-order valence-corrected chi connectivity index (χ2v) is 5.28. The quantitative estimate of drug-likeness (QED) is 0.873. The largest absolute Gasteiger partial charge is 0.481 e. The number of carbonyl (C=O) groups is 1. The van der Waals surface area contributed by atoms with Crippen molar-refractivity contribution in [3.05, 3.63) is 22.2 Å². The fraction of sp³-hybridized carbons (Fsp3) is 0.417. The predicted molar refractivity (Wildman–Crippen MR) is 66.8 cm³/mol. The molecule has 5 nitrogen and oxygen atoms in total. The van der Waals surface area contributed by atoms with Crippen molar-refractivity contribution in [3.8, 4) is 11.5 Å². The van der Waals surface area contributed by atoms with Crippen LogP contribution in [-0.4, -0.2) is 24.4 Å². The summed E-state index contributed by atoms with van der Waals surface area (Å²) < 4.78 is 11.7. The van der Waals surface area contributed by atoms with Crippen LogP contribution in [-0.2, 0) is 4.79 Å². The minimum atomic E-state index is -0.758. The lowest BCUT2D eigenvalue weighted by Gasteiger charge is -2.15. The summed E-state index contributed by atoms with van der Waals surface area (Å²) in [6.07, 6.45) is 0.563. The summed E-state index contributed by atoms with van der Waals surface area (Å²) in [6, 6.07) is 3.73. The number of halogens is 1. The third-order valence-corrected chi connectivity index (χ3v) is 4.04. The SMILES string of the molecule is O=C(O)C1CNC(c2c(Br)ccc3c2OCO3)C1. The molecule has 0 radical (unpaired) electrons. The molecule has 1 aromatic rings. The maximum atomic E-state index is 11.0. The normalized spacial score (nSPS) is 25.4. The second kappa shape index (κ2) is 4.44. The number of carboxylic acid groups (broad SMARTS) is 1. The van der Waals surface area contributed by atoms with Crippen LogP contribution in [0.15, 0.2) is 16.6 Å². The Labute approximate surface area is 112 Å². The number of nitrogens with one attached hydrogen (secondary N) is 1. The number of hydrogen-bond donors (Lipinski definition) is 2. The third-order valence-electron chi connectivity index (χ3n) is 3.35. The minimum Gasteiger partial charge on any atom is -0.481 e. The zero-order valence-electron chi connectivity index (χ0n) is 9.48. The van der Waals surface area contributed by atoms with Crippen LogP contribution in [0.2, 0.25) is 0 Å². The Bertz CT molecular complexity index is 505. The number of benzene rings is 1. The van der Waals surface area contributed by atoms with Crippen LogP contribution < -0.4 is 14.8 Å². The van der Waals surface area contributed by atoms with E-state index in [4.69, 9.17) is 14.6 Å². The van der Waals surface area contributed by atoms with Gasteiger partial charge in [0.25, 0.3) is 0 Å². The zero-order valence-corrected chi connectivity index (χ0v) is 11.1. The number of aliphatic carboxylic acids is 1. The maximum absolute atomic E-state index is 11.0. The summed E-state index contributed by atoms with van der Waals surface area (Å²) in [4.78, 5) is 11.0. The Morgan fingerprint density at radius 3 is 3.00 bits per heavy atom. The minimum absolute atomic E-state index is 0.0166. The molecule has 1 fully saturated rings. The Balaban J connectivity index is 1.94. The molecule has 2 heterocycles. The standard InChI is InChI=1S/C12H12BrNO4/c13-7-1-2-9-11(18-5-17-9)10(7)8-3-6(4-14-8)12(15)16/h1-2,6,8,14H,3-5H2,(H,15,16). The van der Waals surface area contributed by atoms with Gasteiger partial charge >= 0.3 is 5.97 Å². The van der Waals surface area contributed by atoms with Crippen molar-refractivity contribution in [2.45, 2.75) is 12.5 Å². The molecule has 2 N–H and O–H groups in total. The van der Waals surface area contributed by atoms with Crippen LogP contribution in [0.3, 0.4) is 0 Å². The number of fused-ring (bicyclic) bond motifs is 1. The topological polar surface area (TPSA) is 67.8 Å². The summed E-state index contributed by atoms with van der Waals surface area (Å²) in [7, 11) is 0. The fourth-order valence-corrected chi connectivity index (χ4v) is 3.03. The summed E-state index contributed by atoms with van der Waals surface area (Å²) in [5.74, 6) is 0.327. The van der Waals surface area contributed by atoms with Gasteiger partial charge in [-0.3, -0.25) is 4.79 Å². The molecule has 0 aliphatic carbocycles.